The number of rotatable bonds is 5. The third-order valence-corrected chi connectivity index (χ3v) is 6.51. The van der Waals surface area contributed by atoms with Gasteiger partial charge in [-0.3, -0.25) is 14.0 Å². The molecular weight excluding hydrogens is 404 g/mol. The molecule has 32 heavy (non-hydrogen) atoms. The zero-order chi connectivity index (χ0) is 22.4. The number of amides is 1. The first-order valence-electron chi connectivity index (χ1n) is 11.4. The van der Waals surface area contributed by atoms with Crippen molar-refractivity contribution >= 4 is 22.5 Å². The molecule has 7 heteroatoms. The minimum atomic E-state index is -0.671. The summed E-state index contributed by atoms with van der Waals surface area (Å²) in [5.74, 6) is 1.35. The van der Waals surface area contributed by atoms with Crippen molar-refractivity contribution in [1.29, 1.82) is 0 Å². The first kappa shape index (κ1) is 20.5. The maximum absolute atomic E-state index is 13.4. The van der Waals surface area contributed by atoms with Gasteiger partial charge >= 0.3 is 0 Å². The molecule has 1 aliphatic carbocycles. The molecular formula is C25H28N4O3. The number of carbonyl (C=O) groups is 1. The van der Waals surface area contributed by atoms with Gasteiger partial charge in [-0.25, -0.2) is 4.68 Å². The van der Waals surface area contributed by atoms with E-state index in [0.717, 1.165) is 36.4 Å². The molecule has 0 fully saturated rings. The van der Waals surface area contributed by atoms with E-state index in [9.17, 15) is 9.59 Å². The van der Waals surface area contributed by atoms with E-state index < -0.39 is 6.04 Å². The molecule has 5 rings (SSSR count). The van der Waals surface area contributed by atoms with Crippen LogP contribution in [0.15, 0.2) is 45.6 Å². The summed E-state index contributed by atoms with van der Waals surface area (Å²) in [5, 5.41) is 7.85. The van der Waals surface area contributed by atoms with Crippen LogP contribution in [0.25, 0.3) is 16.6 Å². The van der Waals surface area contributed by atoms with Crippen LogP contribution in [-0.4, -0.2) is 20.1 Å². The molecule has 2 unspecified atom stereocenters. The van der Waals surface area contributed by atoms with E-state index in [1.54, 1.807) is 6.07 Å². The highest BCUT2D eigenvalue weighted by Gasteiger charge is 2.28. The number of benzene rings is 1. The Morgan fingerprint density at radius 3 is 2.84 bits per heavy atom. The van der Waals surface area contributed by atoms with Crippen LogP contribution in [0.5, 0.6) is 0 Å². The van der Waals surface area contributed by atoms with E-state index in [0.29, 0.717) is 23.9 Å². The molecule has 7 nitrogen and oxygen atoms in total. The Hall–Kier alpha value is -3.35. The second-order valence-corrected chi connectivity index (χ2v) is 8.57. The van der Waals surface area contributed by atoms with Crippen molar-refractivity contribution in [3.8, 4) is 0 Å². The molecule has 3 aromatic heterocycles. The first-order chi connectivity index (χ1) is 15.5. The lowest BCUT2D eigenvalue weighted by Gasteiger charge is -2.28. The van der Waals surface area contributed by atoms with Crippen LogP contribution in [0.1, 0.15) is 67.9 Å². The van der Waals surface area contributed by atoms with Crippen molar-refractivity contribution < 1.29 is 9.21 Å². The predicted molar refractivity (Wildman–Crippen MR) is 123 cm³/mol. The topological polar surface area (TPSA) is 81.5 Å². The Morgan fingerprint density at radius 2 is 2.06 bits per heavy atom. The molecule has 0 radical (unpaired) electrons. The number of aromatic nitrogens is 3. The van der Waals surface area contributed by atoms with Gasteiger partial charge in [-0.05, 0) is 43.7 Å². The summed E-state index contributed by atoms with van der Waals surface area (Å²) in [4.78, 5) is 26.8. The normalized spacial score (nSPS) is 16.9. The van der Waals surface area contributed by atoms with Gasteiger partial charge in [-0.2, -0.15) is 5.10 Å². The highest BCUT2D eigenvalue weighted by atomic mass is 16.3. The highest BCUT2D eigenvalue weighted by Crippen LogP contribution is 2.30. The Bertz CT molecular complexity index is 1380. The number of fused-ring (bicyclic) bond motifs is 4. The third-order valence-electron chi connectivity index (χ3n) is 6.51. The summed E-state index contributed by atoms with van der Waals surface area (Å²) in [6, 6.07) is 11.2. The second-order valence-electron chi connectivity index (χ2n) is 8.57. The van der Waals surface area contributed by atoms with E-state index in [-0.39, 0.29) is 17.5 Å². The van der Waals surface area contributed by atoms with E-state index >= 15 is 0 Å². The van der Waals surface area contributed by atoms with Crippen LogP contribution in [0, 0.1) is 6.92 Å². The fraction of sp³-hybridized carbons (Fsp3) is 0.400. The summed E-state index contributed by atoms with van der Waals surface area (Å²) in [6.45, 7) is 5.79. The van der Waals surface area contributed by atoms with Gasteiger partial charge in [0, 0.05) is 18.6 Å². The number of furan rings is 1. The van der Waals surface area contributed by atoms with Crippen molar-refractivity contribution in [3.05, 3.63) is 69.5 Å². The van der Waals surface area contributed by atoms with Crippen molar-refractivity contribution in [1.82, 2.24) is 19.5 Å². The third kappa shape index (κ3) is 3.23. The molecule has 166 valence electrons. The quantitative estimate of drug-likeness (QED) is 0.511. The zero-order valence-corrected chi connectivity index (χ0v) is 18.7. The van der Waals surface area contributed by atoms with Gasteiger partial charge in [-0.15, -0.1) is 0 Å². The average molecular weight is 433 g/mol. The van der Waals surface area contributed by atoms with Gasteiger partial charge in [0.2, 0.25) is 5.91 Å². The molecule has 1 aliphatic rings. The van der Waals surface area contributed by atoms with E-state index in [1.807, 2.05) is 43.4 Å². The Balaban J connectivity index is 1.54. The Morgan fingerprint density at radius 1 is 1.25 bits per heavy atom. The van der Waals surface area contributed by atoms with Crippen LogP contribution >= 0.6 is 0 Å². The molecule has 1 N–H and O–H groups in total. The molecule has 0 spiro atoms. The van der Waals surface area contributed by atoms with Gasteiger partial charge in [0.05, 0.1) is 11.6 Å². The van der Waals surface area contributed by atoms with E-state index in [4.69, 9.17) is 4.42 Å². The van der Waals surface area contributed by atoms with Crippen LogP contribution in [-0.2, 0) is 17.6 Å². The number of carbonyl (C=O) groups excluding carboxylic acids is 1. The second kappa shape index (κ2) is 7.97. The van der Waals surface area contributed by atoms with E-state index in [1.165, 1.54) is 15.8 Å². The molecule has 1 aromatic carbocycles. The van der Waals surface area contributed by atoms with Gasteiger partial charge in [0.15, 0.2) is 5.58 Å². The zero-order valence-electron chi connectivity index (χ0n) is 18.7. The SMILES string of the molecule is CCc1nn(C(CC)C(=O)NC2CCCc3ccccc32)c(=O)c2cc3oc(C)cc3n12. The number of nitrogens with one attached hydrogen (secondary N) is 1. The van der Waals surface area contributed by atoms with Crippen LogP contribution in [0.4, 0.5) is 0 Å². The fourth-order valence-electron chi connectivity index (χ4n) is 4.96. The average Bonchev–Trinajstić information content (AvgIpc) is 3.32. The molecule has 0 saturated heterocycles. The van der Waals surface area contributed by atoms with Gasteiger partial charge in [0.1, 0.15) is 23.1 Å². The Labute approximate surface area is 186 Å². The van der Waals surface area contributed by atoms with Crippen LogP contribution in [0.3, 0.4) is 0 Å². The molecule has 0 aliphatic heterocycles. The number of hydrogen-bond acceptors (Lipinski definition) is 4. The minimum Gasteiger partial charge on any atom is -0.460 e. The summed E-state index contributed by atoms with van der Waals surface area (Å²) >= 11 is 0. The monoisotopic (exact) mass is 432 g/mol. The fourth-order valence-corrected chi connectivity index (χ4v) is 4.96. The highest BCUT2D eigenvalue weighted by molar-refractivity contribution is 5.84. The molecule has 0 bridgehead atoms. The van der Waals surface area contributed by atoms with Crippen molar-refractivity contribution in [3.63, 3.8) is 0 Å². The largest absolute Gasteiger partial charge is 0.460 e. The number of hydrogen-bond donors (Lipinski definition) is 1. The van der Waals surface area contributed by atoms with Crippen molar-refractivity contribution in [2.75, 3.05) is 0 Å². The summed E-state index contributed by atoms with van der Waals surface area (Å²) in [7, 11) is 0. The summed E-state index contributed by atoms with van der Waals surface area (Å²) in [6.07, 6.45) is 4.06. The molecule has 4 aromatic rings. The molecule has 1 amide bonds. The lowest BCUT2D eigenvalue weighted by molar-refractivity contribution is -0.125. The van der Waals surface area contributed by atoms with Crippen molar-refractivity contribution in [2.45, 2.75) is 65.0 Å². The van der Waals surface area contributed by atoms with Gasteiger partial charge in [0.25, 0.3) is 5.56 Å². The minimum absolute atomic E-state index is 0.0369. The maximum Gasteiger partial charge on any atom is 0.291 e. The molecule has 3 heterocycles. The van der Waals surface area contributed by atoms with Crippen molar-refractivity contribution in [2.24, 2.45) is 0 Å². The lowest BCUT2D eigenvalue weighted by Crippen LogP contribution is -2.41. The molecule has 0 saturated carbocycles. The standard InChI is InChI=1S/C25H28N4O3/c1-4-19(24(30)26-18-12-8-10-16-9-6-7-11-17(16)18)29-25(31)21-14-22-20(13-15(3)32-22)28(21)23(5-2)27-29/h6-7,9,11,13-14,18-19H,4-5,8,10,12H2,1-3H3,(H,26,30). The van der Waals surface area contributed by atoms with Crippen LogP contribution in [0.2, 0.25) is 0 Å². The lowest BCUT2D eigenvalue weighted by atomic mass is 9.87. The smallest absolute Gasteiger partial charge is 0.291 e. The van der Waals surface area contributed by atoms with Gasteiger partial charge < -0.3 is 9.73 Å². The van der Waals surface area contributed by atoms with E-state index in [2.05, 4.69) is 22.5 Å². The maximum atomic E-state index is 13.4. The van der Waals surface area contributed by atoms with Gasteiger partial charge in [-0.1, -0.05) is 38.1 Å². The molecule has 2 atom stereocenters. The number of nitrogens with zero attached hydrogens (tertiary/aromatic N) is 3. The van der Waals surface area contributed by atoms with Crippen LogP contribution < -0.4 is 10.9 Å². The number of aryl methyl sites for hydroxylation is 3. The predicted octanol–water partition coefficient (Wildman–Crippen LogP) is 4.26. The summed E-state index contributed by atoms with van der Waals surface area (Å²) < 4.78 is 8.96. The first-order valence-corrected chi connectivity index (χ1v) is 11.4. The Kier molecular flexibility index (Phi) is 5.12. The summed E-state index contributed by atoms with van der Waals surface area (Å²) in [5.41, 5.74) is 4.16.